The van der Waals surface area contributed by atoms with Crippen LogP contribution in [0, 0.1) is 0 Å². The van der Waals surface area contributed by atoms with E-state index in [1.165, 1.54) is 0 Å². The number of fused-ring (bicyclic) bond motifs is 2. The summed E-state index contributed by atoms with van der Waals surface area (Å²) >= 11 is 1.58. The Morgan fingerprint density at radius 3 is 2.86 bits per heavy atom. The van der Waals surface area contributed by atoms with Crippen LogP contribution < -0.4 is 5.32 Å². The average Bonchev–Trinajstić information content (AvgIpc) is 3.46. The van der Waals surface area contributed by atoms with Crippen LogP contribution >= 0.6 is 11.3 Å². The topological polar surface area (TPSA) is 90.0 Å². The number of hydrogen-bond acceptors (Lipinski definition) is 6. The van der Waals surface area contributed by atoms with Crippen LogP contribution in [0.3, 0.4) is 0 Å². The minimum Gasteiger partial charge on any atom is -0.306 e. The molecule has 9 heteroatoms. The predicted octanol–water partition coefficient (Wildman–Crippen LogP) is 4.04. The van der Waals surface area contributed by atoms with Crippen molar-refractivity contribution in [1.29, 1.82) is 0 Å². The molecule has 0 unspecified atom stereocenters. The Bertz CT molecular complexity index is 1330. The number of nitrogens with one attached hydrogen (secondary N) is 1. The molecule has 0 aliphatic rings. The summed E-state index contributed by atoms with van der Waals surface area (Å²) in [5.74, 6) is 0.297. The molecule has 1 N–H and O–H groups in total. The van der Waals surface area contributed by atoms with Crippen LogP contribution in [0.4, 0.5) is 5.82 Å². The molecule has 8 nitrogen and oxygen atoms in total. The van der Waals surface area contributed by atoms with Gasteiger partial charge in [-0.2, -0.15) is 14.7 Å². The van der Waals surface area contributed by atoms with Gasteiger partial charge in [-0.25, -0.2) is 14.6 Å². The lowest BCUT2D eigenvalue weighted by Gasteiger charge is -2.11. The smallest absolute Gasteiger partial charge is 0.257 e. The monoisotopic (exact) mass is 403 g/mol. The van der Waals surface area contributed by atoms with Crippen LogP contribution in [-0.4, -0.2) is 35.3 Å². The van der Waals surface area contributed by atoms with Gasteiger partial charge in [0.25, 0.3) is 5.91 Å². The molecule has 0 bridgehead atoms. The van der Waals surface area contributed by atoms with Gasteiger partial charge in [-0.05, 0) is 37.4 Å². The van der Waals surface area contributed by atoms with E-state index < -0.39 is 0 Å². The molecule has 0 fully saturated rings. The maximum atomic E-state index is 13.3. The lowest BCUT2D eigenvalue weighted by Crippen LogP contribution is -2.16. The Labute approximate surface area is 169 Å². The summed E-state index contributed by atoms with van der Waals surface area (Å²) in [5, 5.41) is 14.3. The van der Waals surface area contributed by atoms with Gasteiger partial charge in [0.2, 0.25) is 0 Å². The SMILES string of the molecule is CC(C)n1ncc2c(C(=O)Nc3ccnc4ccnn34)cc(-c3cccs3)nc21. The van der Waals surface area contributed by atoms with Crippen molar-refractivity contribution in [3.63, 3.8) is 0 Å². The highest BCUT2D eigenvalue weighted by Gasteiger charge is 2.19. The van der Waals surface area contributed by atoms with E-state index in [1.807, 2.05) is 42.1 Å². The summed E-state index contributed by atoms with van der Waals surface area (Å²) in [5.41, 5.74) is 2.62. The third-order valence-electron chi connectivity index (χ3n) is 4.61. The van der Waals surface area contributed by atoms with Gasteiger partial charge in [0, 0.05) is 18.3 Å². The predicted molar refractivity (Wildman–Crippen MR) is 112 cm³/mol. The zero-order valence-corrected chi connectivity index (χ0v) is 16.6. The molecule has 0 spiro atoms. The maximum absolute atomic E-state index is 13.3. The van der Waals surface area contributed by atoms with Gasteiger partial charge in [-0.15, -0.1) is 11.3 Å². The van der Waals surface area contributed by atoms with Crippen LogP contribution in [0.25, 0.3) is 27.3 Å². The van der Waals surface area contributed by atoms with Gasteiger partial charge in [-0.1, -0.05) is 6.07 Å². The number of thiophene rings is 1. The summed E-state index contributed by atoms with van der Waals surface area (Å²) in [6, 6.07) is 9.40. The van der Waals surface area contributed by atoms with E-state index in [2.05, 4.69) is 20.5 Å². The zero-order chi connectivity index (χ0) is 20.0. The fraction of sp³-hybridized carbons (Fsp3) is 0.150. The highest BCUT2D eigenvalue weighted by Crippen LogP contribution is 2.29. The molecule has 5 heterocycles. The van der Waals surface area contributed by atoms with Crippen molar-refractivity contribution in [1.82, 2.24) is 29.4 Å². The van der Waals surface area contributed by atoms with E-state index in [0.717, 1.165) is 10.6 Å². The molecule has 0 saturated carbocycles. The van der Waals surface area contributed by atoms with Gasteiger partial charge in [-0.3, -0.25) is 4.79 Å². The van der Waals surface area contributed by atoms with Gasteiger partial charge < -0.3 is 5.32 Å². The van der Waals surface area contributed by atoms with E-state index in [9.17, 15) is 4.79 Å². The molecule has 0 aromatic carbocycles. The van der Waals surface area contributed by atoms with Crippen LogP contribution in [0.1, 0.15) is 30.2 Å². The van der Waals surface area contributed by atoms with Gasteiger partial charge >= 0.3 is 0 Å². The fourth-order valence-electron chi connectivity index (χ4n) is 3.25. The summed E-state index contributed by atoms with van der Waals surface area (Å²) in [7, 11) is 0. The molecule has 1 amide bonds. The number of amides is 1. The molecule has 0 aliphatic carbocycles. The average molecular weight is 403 g/mol. The Balaban J connectivity index is 1.65. The second-order valence-electron chi connectivity index (χ2n) is 6.84. The van der Waals surface area contributed by atoms with Gasteiger partial charge in [0.1, 0.15) is 5.82 Å². The minimum absolute atomic E-state index is 0.124. The molecule has 0 aliphatic heterocycles. The summed E-state index contributed by atoms with van der Waals surface area (Å²) in [6.45, 7) is 4.08. The maximum Gasteiger partial charge on any atom is 0.257 e. The van der Waals surface area contributed by atoms with E-state index in [4.69, 9.17) is 4.98 Å². The first-order valence-corrected chi connectivity index (χ1v) is 10.0. The molecule has 29 heavy (non-hydrogen) atoms. The molecule has 0 radical (unpaired) electrons. The first-order chi connectivity index (χ1) is 14.1. The van der Waals surface area contributed by atoms with E-state index in [1.54, 1.807) is 46.6 Å². The summed E-state index contributed by atoms with van der Waals surface area (Å²) < 4.78 is 3.43. The Kier molecular flexibility index (Phi) is 4.09. The Morgan fingerprint density at radius 1 is 1.17 bits per heavy atom. The number of pyridine rings is 1. The summed E-state index contributed by atoms with van der Waals surface area (Å²) in [4.78, 5) is 23.3. The van der Waals surface area contributed by atoms with Crippen molar-refractivity contribution < 1.29 is 4.79 Å². The largest absolute Gasteiger partial charge is 0.306 e. The standard InChI is InChI=1S/C20H17N7OS/c1-12(2)26-19-14(11-23-26)13(10-15(24-19)16-4-3-9-29-16)20(28)25-18-5-7-21-17-6-8-22-27(17)18/h3-12H,1-2H3,(H,25,28). The number of carbonyl (C=O) groups excluding carboxylic acids is 1. The first-order valence-electron chi connectivity index (χ1n) is 9.14. The van der Waals surface area contributed by atoms with Gasteiger partial charge in [0.05, 0.1) is 33.9 Å². The van der Waals surface area contributed by atoms with E-state index >= 15 is 0 Å². The van der Waals surface area contributed by atoms with Crippen LogP contribution in [-0.2, 0) is 0 Å². The lowest BCUT2D eigenvalue weighted by molar-refractivity contribution is 0.102. The van der Waals surface area contributed by atoms with E-state index in [0.29, 0.717) is 28.1 Å². The molecular weight excluding hydrogens is 386 g/mol. The van der Waals surface area contributed by atoms with Crippen molar-refractivity contribution >= 4 is 39.7 Å². The first kappa shape index (κ1) is 17.5. The van der Waals surface area contributed by atoms with Crippen molar-refractivity contribution in [2.75, 3.05) is 5.32 Å². The fourth-order valence-corrected chi connectivity index (χ4v) is 3.93. The number of rotatable bonds is 4. The molecular formula is C20H17N7OS. The molecule has 0 atom stereocenters. The van der Waals surface area contributed by atoms with Crippen LogP contribution in [0.5, 0.6) is 0 Å². The molecule has 0 saturated heterocycles. The molecule has 5 aromatic rings. The lowest BCUT2D eigenvalue weighted by atomic mass is 10.1. The van der Waals surface area contributed by atoms with Crippen molar-refractivity contribution in [3.8, 4) is 10.6 Å². The van der Waals surface area contributed by atoms with Crippen molar-refractivity contribution in [3.05, 3.63) is 59.9 Å². The second-order valence-corrected chi connectivity index (χ2v) is 7.79. The van der Waals surface area contributed by atoms with Crippen LogP contribution in [0.15, 0.2) is 54.3 Å². The number of aromatic nitrogens is 6. The third kappa shape index (κ3) is 2.95. The van der Waals surface area contributed by atoms with Crippen molar-refractivity contribution in [2.24, 2.45) is 0 Å². The van der Waals surface area contributed by atoms with Gasteiger partial charge in [0.15, 0.2) is 11.3 Å². The van der Waals surface area contributed by atoms with Crippen LogP contribution in [0.2, 0.25) is 0 Å². The molecule has 5 aromatic heterocycles. The third-order valence-corrected chi connectivity index (χ3v) is 5.50. The number of hydrogen-bond donors (Lipinski definition) is 1. The van der Waals surface area contributed by atoms with E-state index in [-0.39, 0.29) is 11.9 Å². The normalized spacial score (nSPS) is 11.6. The quantitative estimate of drug-likeness (QED) is 0.489. The number of anilines is 1. The minimum atomic E-state index is -0.249. The summed E-state index contributed by atoms with van der Waals surface area (Å²) in [6.07, 6.45) is 4.98. The Morgan fingerprint density at radius 2 is 2.07 bits per heavy atom. The number of nitrogens with zero attached hydrogens (tertiary/aromatic N) is 6. The molecule has 144 valence electrons. The Hall–Kier alpha value is -3.59. The zero-order valence-electron chi connectivity index (χ0n) is 15.8. The highest BCUT2D eigenvalue weighted by molar-refractivity contribution is 7.13. The van der Waals surface area contributed by atoms with Crippen molar-refractivity contribution in [2.45, 2.75) is 19.9 Å². The molecule has 5 rings (SSSR count). The number of carbonyl (C=O) groups is 1. The second kappa shape index (κ2) is 6.78. The highest BCUT2D eigenvalue weighted by atomic mass is 32.1.